The van der Waals surface area contributed by atoms with Crippen LogP contribution in [0.3, 0.4) is 0 Å². The van der Waals surface area contributed by atoms with Crippen LogP contribution in [0.1, 0.15) is 30.1 Å². The first-order chi connectivity index (χ1) is 9.15. The summed E-state index contributed by atoms with van der Waals surface area (Å²) in [6.07, 6.45) is 3.07. The van der Waals surface area contributed by atoms with E-state index in [1.807, 2.05) is 12.1 Å². The summed E-state index contributed by atoms with van der Waals surface area (Å²) in [4.78, 5) is 15.6. The van der Waals surface area contributed by atoms with E-state index in [-0.39, 0.29) is 0 Å². The summed E-state index contributed by atoms with van der Waals surface area (Å²) in [7, 11) is 2.17. The van der Waals surface area contributed by atoms with Crippen molar-refractivity contribution in [3.63, 3.8) is 0 Å². The summed E-state index contributed by atoms with van der Waals surface area (Å²) in [6, 6.07) is 6.05. The van der Waals surface area contributed by atoms with Gasteiger partial charge in [-0.05, 0) is 44.6 Å². The molecule has 0 amide bonds. The van der Waals surface area contributed by atoms with Crippen LogP contribution in [0.5, 0.6) is 0 Å². The maximum atomic E-state index is 10.8. The lowest BCUT2D eigenvalue weighted by molar-refractivity contribution is 0.112. The second kappa shape index (κ2) is 6.40. The molecule has 2 rings (SSSR count). The Morgan fingerprint density at radius 1 is 1.42 bits per heavy atom. The molecule has 1 aromatic rings. The standard InChI is InChI=1S/C15H21ClN2O/c1-3-13-10-17(2)7-4-8-18(13)15-6-5-12(11-19)9-14(15)16/h5-6,9,11,13H,3-4,7-8,10H2,1-2H3. The number of anilines is 1. The van der Waals surface area contributed by atoms with Gasteiger partial charge in [0.15, 0.2) is 0 Å². The number of hydrogen-bond donors (Lipinski definition) is 0. The molecule has 0 saturated carbocycles. The number of likely N-dealkylation sites (N-methyl/N-ethyl adjacent to an activating group) is 1. The Labute approximate surface area is 120 Å². The van der Waals surface area contributed by atoms with Gasteiger partial charge in [-0.15, -0.1) is 0 Å². The molecular weight excluding hydrogens is 260 g/mol. The third kappa shape index (κ3) is 3.28. The van der Waals surface area contributed by atoms with Gasteiger partial charge in [0.2, 0.25) is 0 Å². The van der Waals surface area contributed by atoms with Crippen molar-refractivity contribution >= 4 is 23.6 Å². The molecular formula is C15H21ClN2O. The highest BCUT2D eigenvalue weighted by Crippen LogP contribution is 2.30. The number of aldehydes is 1. The lowest BCUT2D eigenvalue weighted by Crippen LogP contribution is -2.40. The van der Waals surface area contributed by atoms with Crippen LogP contribution in [0.2, 0.25) is 5.02 Å². The molecule has 1 aliphatic heterocycles. The van der Waals surface area contributed by atoms with Crippen LogP contribution in [0.15, 0.2) is 18.2 Å². The van der Waals surface area contributed by atoms with E-state index in [2.05, 4.69) is 23.8 Å². The van der Waals surface area contributed by atoms with E-state index in [9.17, 15) is 4.79 Å². The fourth-order valence-corrected chi connectivity index (χ4v) is 3.04. The molecule has 1 aromatic carbocycles. The topological polar surface area (TPSA) is 23.6 Å². The normalized spacial score (nSPS) is 21.2. The van der Waals surface area contributed by atoms with Crippen LogP contribution in [0.4, 0.5) is 5.69 Å². The Bertz CT molecular complexity index is 450. The van der Waals surface area contributed by atoms with Crippen LogP contribution in [-0.2, 0) is 0 Å². The summed E-state index contributed by atoms with van der Waals surface area (Å²) in [5.74, 6) is 0. The predicted octanol–water partition coefficient (Wildman–Crippen LogP) is 3.07. The van der Waals surface area contributed by atoms with Crippen molar-refractivity contribution in [3.05, 3.63) is 28.8 Å². The van der Waals surface area contributed by atoms with Crippen LogP contribution in [-0.4, -0.2) is 43.9 Å². The Balaban J connectivity index is 2.29. The average Bonchev–Trinajstić information content (AvgIpc) is 2.60. The van der Waals surface area contributed by atoms with Crippen molar-refractivity contribution in [2.75, 3.05) is 31.6 Å². The first-order valence-corrected chi connectivity index (χ1v) is 7.23. The first-order valence-electron chi connectivity index (χ1n) is 6.85. The number of nitrogens with zero attached hydrogens (tertiary/aromatic N) is 2. The average molecular weight is 281 g/mol. The largest absolute Gasteiger partial charge is 0.366 e. The molecule has 0 aliphatic carbocycles. The Hall–Kier alpha value is -1.06. The van der Waals surface area contributed by atoms with E-state index in [0.29, 0.717) is 16.6 Å². The van der Waals surface area contributed by atoms with Gasteiger partial charge < -0.3 is 9.80 Å². The monoisotopic (exact) mass is 280 g/mol. The lowest BCUT2D eigenvalue weighted by Gasteiger charge is -2.33. The van der Waals surface area contributed by atoms with Gasteiger partial charge in [0.25, 0.3) is 0 Å². The van der Waals surface area contributed by atoms with Crippen molar-refractivity contribution in [1.29, 1.82) is 0 Å². The zero-order valence-corrected chi connectivity index (χ0v) is 12.4. The number of benzene rings is 1. The molecule has 1 atom stereocenters. The fraction of sp³-hybridized carbons (Fsp3) is 0.533. The summed E-state index contributed by atoms with van der Waals surface area (Å²) < 4.78 is 0. The zero-order chi connectivity index (χ0) is 13.8. The number of carbonyl (C=O) groups is 1. The molecule has 3 nitrogen and oxygen atoms in total. The van der Waals surface area contributed by atoms with Gasteiger partial charge in [-0.2, -0.15) is 0 Å². The fourth-order valence-electron chi connectivity index (χ4n) is 2.74. The molecule has 0 aromatic heterocycles. The van der Waals surface area contributed by atoms with E-state index in [1.54, 1.807) is 6.07 Å². The van der Waals surface area contributed by atoms with Gasteiger partial charge in [0, 0.05) is 24.7 Å². The molecule has 1 fully saturated rings. The van der Waals surface area contributed by atoms with Gasteiger partial charge in [-0.3, -0.25) is 4.79 Å². The van der Waals surface area contributed by atoms with Crippen molar-refractivity contribution in [3.8, 4) is 0 Å². The number of carbonyl (C=O) groups excluding carboxylic acids is 1. The highest BCUT2D eigenvalue weighted by Gasteiger charge is 2.23. The summed E-state index contributed by atoms with van der Waals surface area (Å²) >= 11 is 6.34. The maximum absolute atomic E-state index is 10.8. The van der Waals surface area contributed by atoms with Crippen molar-refractivity contribution in [1.82, 2.24) is 4.90 Å². The molecule has 0 spiro atoms. The third-order valence-electron chi connectivity index (χ3n) is 3.79. The van der Waals surface area contributed by atoms with E-state index in [0.717, 1.165) is 44.4 Å². The second-order valence-electron chi connectivity index (χ2n) is 5.20. The highest BCUT2D eigenvalue weighted by atomic mass is 35.5. The molecule has 4 heteroatoms. The van der Waals surface area contributed by atoms with Crippen LogP contribution in [0.25, 0.3) is 0 Å². The quantitative estimate of drug-likeness (QED) is 0.795. The Kier molecular flexibility index (Phi) is 4.83. The Morgan fingerprint density at radius 3 is 2.84 bits per heavy atom. The number of halogens is 1. The molecule has 0 radical (unpaired) electrons. The van der Waals surface area contributed by atoms with Gasteiger partial charge in [-0.1, -0.05) is 18.5 Å². The minimum absolute atomic E-state index is 0.479. The van der Waals surface area contributed by atoms with Crippen LogP contribution >= 0.6 is 11.6 Å². The van der Waals surface area contributed by atoms with E-state index in [4.69, 9.17) is 11.6 Å². The molecule has 0 bridgehead atoms. The van der Waals surface area contributed by atoms with Gasteiger partial charge in [-0.25, -0.2) is 0 Å². The molecule has 1 heterocycles. The lowest BCUT2D eigenvalue weighted by atomic mass is 10.1. The van der Waals surface area contributed by atoms with E-state index < -0.39 is 0 Å². The molecule has 1 aliphatic rings. The van der Waals surface area contributed by atoms with Crippen molar-refractivity contribution < 1.29 is 4.79 Å². The second-order valence-corrected chi connectivity index (χ2v) is 5.61. The van der Waals surface area contributed by atoms with Gasteiger partial charge in [0.1, 0.15) is 6.29 Å². The molecule has 1 unspecified atom stereocenters. The van der Waals surface area contributed by atoms with Crippen LogP contribution < -0.4 is 4.90 Å². The zero-order valence-electron chi connectivity index (χ0n) is 11.6. The smallest absolute Gasteiger partial charge is 0.150 e. The molecule has 104 valence electrons. The third-order valence-corrected chi connectivity index (χ3v) is 4.09. The predicted molar refractivity (Wildman–Crippen MR) is 80.4 cm³/mol. The number of rotatable bonds is 3. The van der Waals surface area contributed by atoms with Crippen LogP contribution in [0, 0.1) is 0 Å². The summed E-state index contributed by atoms with van der Waals surface area (Å²) in [5, 5.41) is 0.674. The summed E-state index contributed by atoms with van der Waals surface area (Å²) in [6.45, 7) is 5.41. The minimum Gasteiger partial charge on any atom is -0.366 e. The Morgan fingerprint density at radius 2 is 2.21 bits per heavy atom. The first kappa shape index (κ1) is 14.4. The maximum Gasteiger partial charge on any atom is 0.150 e. The SMILES string of the molecule is CCC1CN(C)CCCN1c1ccc(C=O)cc1Cl. The van der Waals surface area contributed by atoms with E-state index in [1.165, 1.54) is 0 Å². The van der Waals surface area contributed by atoms with Gasteiger partial charge in [0.05, 0.1) is 10.7 Å². The number of hydrogen-bond acceptors (Lipinski definition) is 3. The molecule has 0 N–H and O–H groups in total. The molecule has 1 saturated heterocycles. The molecule has 19 heavy (non-hydrogen) atoms. The minimum atomic E-state index is 0.479. The highest BCUT2D eigenvalue weighted by molar-refractivity contribution is 6.33. The summed E-state index contributed by atoms with van der Waals surface area (Å²) in [5.41, 5.74) is 1.68. The van der Waals surface area contributed by atoms with E-state index >= 15 is 0 Å². The van der Waals surface area contributed by atoms with Crippen molar-refractivity contribution in [2.45, 2.75) is 25.8 Å². The van der Waals surface area contributed by atoms with Crippen molar-refractivity contribution in [2.24, 2.45) is 0 Å². The van der Waals surface area contributed by atoms with Gasteiger partial charge >= 0.3 is 0 Å².